The normalized spacial score (nSPS) is 24.1. The van der Waals surface area contributed by atoms with Crippen LogP contribution in [0.15, 0.2) is 18.2 Å². The number of rotatable bonds is 0. The van der Waals surface area contributed by atoms with Crippen molar-refractivity contribution in [3.05, 3.63) is 23.2 Å². The third kappa shape index (κ3) is 1.56. The number of hydrogen-bond donors (Lipinski definition) is 2. The first-order valence-corrected chi connectivity index (χ1v) is 5.73. The lowest BCUT2D eigenvalue weighted by Crippen LogP contribution is -2.56. The monoisotopic (exact) mass is 223 g/mol. The molecule has 0 bridgehead atoms. The first kappa shape index (κ1) is 9.31. The fourth-order valence-electron chi connectivity index (χ4n) is 2.38. The lowest BCUT2D eigenvalue weighted by molar-refractivity contribution is 0.482. The minimum atomic E-state index is 0.560. The van der Waals surface area contributed by atoms with Crippen LogP contribution in [0.1, 0.15) is 0 Å². The summed E-state index contributed by atoms with van der Waals surface area (Å²) in [5.41, 5.74) is 2.46. The number of anilines is 2. The van der Waals surface area contributed by atoms with Crippen molar-refractivity contribution in [1.82, 2.24) is 5.32 Å². The van der Waals surface area contributed by atoms with Gasteiger partial charge in [-0.25, -0.2) is 0 Å². The predicted octanol–water partition coefficient (Wildman–Crippen LogP) is 1.54. The van der Waals surface area contributed by atoms with Gasteiger partial charge in [0.2, 0.25) is 0 Å². The van der Waals surface area contributed by atoms with Crippen LogP contribution in [0.25, 0.3) is 0 Å². The van der Waals surface area contributed by atoms with E-state index in [0.29, 0.717) is 6.04 Å². The highest BCUT2D eigenvalue weighted by atomic mass is 35.5. The maximum absolute atomic E-state index is 6.04. The molecule has 2 aliphatic heterocycles. The van der Waals surface area contributed by atoms with Crippen LogP contribution >= 0.6 is 11.6 Å². The molecule has 15 heavy (non-hydrogen) atoms. The molecule has 3 rings (SSSR count). The molecule has 1 aromatic rings. The standard InChI is InChI=1S/C11H14ClN3/c12-8-1-2-10-11(5-8)15-4-3-13-6-9(15)7-14-10/h1-2,5,9,13-14H,3-4,6-7H2. The van der Waals surface area contributed by atoms with Crippen LogP contribution in [-0.4, -0.2) is 32.2 Å². The van der Waals surface area contributed by atoms with Crippen molar-refractivity contribution in [3.8, 4) is 0 Å². The molecule has 1 aromatic carbocycles. The molecule has 0 radical (unpaired) electrons. The molecule has 80 valence electrons. The number of piperazine rings is 1. The average molecular weight is 224 g/mol. The number of nitrogens with one attached hydrogen (secondary N) is 2. The van der Waals surface area contributed by atoms with Crippen molar-refractivity contribution in [2.75, 3.05) is 36.4 Å². The van der Waals surface area contributed by atoms with Crippen molar-refractivity contribution >= 4 is 23.0 Å². The summed E-state index contributed by atoms with van der Waals surface area (Å²) < 4.78 is 0. The van der Waals surface area contributed by atoms with Crippen molar-refractivity contribution in [3.63, 3.8) is 0 Å². The maximum atomic E-state index is 6.04. The average Bonchev–Trinajstić information content (AvgIpc) is 2.29. The van der Waals surface area contributed by atoms with Crippen molar-refractivity contribution in [2.45, 2.75) is 6.04 Å². The van der Waals surface area contributed by atoms with E-state index in [-0.39, 0.29) is 0 Å². The zero-order chi connectivity index (χ0) is 10.3. The van der Waals surface area contributed by atoms with Crippen LogP contribution in [0.2, 0.25) is 5.02 Å². The summed E-state index contributed by atoms with van der Waals surface area (Å²) in [4.78, 5) is 2.45. The van der Waals surface area contributed by atoms with Crippen molar-refractivity contribution < 1.29 is 0 Å². The summed E-state index contributed by atoms with van der Waals surface area (Å²) in [6.07, 6.45) is 0. The molecule has 0 aliphatic carbocycles. The van der Waals surface area contributed by atoms with Crippen LogP contribution in [0.4, 0.5) is 11.4 Å². The Labute approximate surface area is 94.4 Å². The van der Waals surface area contributed by atoms with Gasteiger partial charge in [-0.15, -0.1) is 0 Å². The molecule has 3 nitrogen and oxygen atoms in total. The molecule has 2 N–H and O–H groups in total. The topological polar surface area (TPSA) is 27.3 Å². The van der Waals surface area contributed by atoms with E-state index in [1.165, 1.54) is 11.4 Å². The molecule has 0 spiro atoms. The zero-order valence-corrected chi connectivity index (χ0v) is 9.22. The van der Waals surface area contributed by atoms with Gasteiger partial charge < -0.3 is 15.5 Å². The molecule has 0 amide bonds. The van der Waals surface area contributed by atoms with Gasteiger partial charge in [0.05, 0.1) is 17.4 Å². The smallest absolute Gasteiger partial charge is 0.0620 e. The summed E-state index contributed by atoms with van der Waals surface area (Å²) in [7, 11) is 0. The molecule has 1 unspecified atom stereocenters. The Kier molecular flexibility index (Phi) is 2.22. The van der Waals surface area contributed by atoms with Gasteiger partial charge in [-0.2, -0.15) is 0 Å². The predicted molar refractivity (Wildman–Crippen MR) is 63.9 cm³/mol. The molecule has 0 saturated carbocycles. The van der Waals surface area contributed by atoms with Crippen LogP contribution in [0.5, 0.6) is 0 Å². The Hall–Kier alpha value is -0.930. The second-order valence-corrected chi connectivity index (χ2v) is 4.53. The minimum Gasteiger partial charge on any atom is -0.381 e. The molecule has 2 aliphatic rings. The van der Waals surface area contributed by atoms with E-state index in [2.05, 4.69) is 27.7 Å². The fourth-order valence-corrected chi connectivity index (χ4v) is 2.55. The van der Waals surface area contributed by atoms with Gasteiger partial charge in [0, 0.05) is 31.2 Å². The minimum absolute atomic E-state index is 0.560. The first-order chi connectivity index (χ1) is 7.34. The second-order valence-electron chi connectivity index (χ2n) is 4.09. The molecule has 4 heteroatoms. The number of nitrogens with zero attached hydrogens (tertiary/aromatic N) is 1. The van der Waals surface area contributed by atoms with E-state index in [0.717, 1.165) is 31.2 Å². The van der Waals surface area contributed by atoms with Crippen LogP contribution < -0.4 is 15.5 Å². The molecule has 1 saturated heterocycles. The van der Waals surface area contributed by atoms with Gasteiger partial charge in [-0.05, 0) is 18.2 Å². The highest BCUT2D eigenvalue weighted by Gasteiger charge is 2.27. The lowest BCUT2D eigenvalue weighted by atomic mass is 10.1. The first-order valence-electron chi connectivity index (χ1n) is 5.35. The summed E-state index contributed by atoms with van der Waals surface area (Å²) in [5, 5.41) is 7.68. The van der Waals surface area contributed by atoms with E-state index >= 15 is 0 Å². The van der Waals surface area contributed by atoms with Gasteiger partial charge in [0.25, 0.3) is 0 Å². The van der Waals surface area contributed by atoms with Crippen LogP contribution in [0.3, 0.4) is 0 Å². The second kappa shape index (κ2) is 3.58. The maximum Gasteiger partial charge on any atom is 0.0620 e. The van der Waals surface area contributed by atoms with Gasteiger partial charge in [0.15, 0.2) is 0 Å². The number of hydrogen-bond acceptors (Lipinski definition) is 3. The zero-order valence-electron chi connectivity index (χ0n) is 8.46. The number of benzene rings is 1. The quantitative estimate of drug-likeness (QED) is 0.699. The van der Waals surface area contributed by atoms with Crippen molar-refractivity contribution in [1.29, 1.82) is 0 Å². The van der Waals surface area contributed by atoms with Gasteiger partial charge in [-0.3, -0.25) is 0 Å². The number of fused-ring (bicyclic) bond motifs is 3. The Bertz CT molecular complexity index is 380. The highest BCUT2D eigenvalue weighted by Crippen LogP contribution is 2.34. The summed E-state index contributed by atoms with van der Waals surface area (Å²) in [6, 6.07) is 6.62. The summed E-state index contributed by atoms with van der Waals surface area (Å²) in [5.74, 6) is 0. The Morgan fingerprint density at radius 3 is 3.20 bits per heavy atom. The fraction of sp³-hybridized carbons (Fsp3) is 0.455. The van der Waals surface area contributed by atoms with E-state index in [1.54, 1.807) is 0 Å². The Balaban J connectivity index is 2.01. The lowest BCUT2D eigenvalue weighted by Gasteiger charge is -2.42. The Morgan fingerprint density at radius 2 is 2.27 bits per heavy atom. The van der Waals surface area contributed by atoms with E-state index < -0.39 is 0 Å². The summed E-state index contributed by atoms with van der Waals surface area (Å²) in [6.45, 7) is 4.20. The van der Waals surface area contributed by atoms with Gasteiger partial charge in [0.1, 0.15) is 0 Å². The third-order valence-electron chi connectivity index (χ3n) is 3.15. The van der Waals surface area contributed by atoms with Crippen LogP contribution in [-0.2, 0) is 0 Å². The molecule has 1 atom stereocenters. The van der Waals surface area contributed by atoms with E-state index in [1.807, 2.05) is 6.07 Å². The molecule has 2 heterocycles. The molecule has 0 aromatic heterocycles. The van der Waals surface area contributed by atoms with Gasteiger partial charge in [-0.1, -0.05) is 11.6 Å². The molecular formula is C11H14ClN3. The number of halogens is 1. The van der Waals surface area contributed by atoms with Crippen molar-refractivity contribution in [2.24, 2.45) is 0 Å². The SMILES string of the molecule is Clc1ccc2c(c1)N1CCNCC1CN2. The van der Waals surface area contributed by atoms with Crippen LogP contribution in [0, 0.1) is 0 Å². The van der Waals surface area contributed by atoms with E-state index in [4.69, 9.17) is 11.6 Å². The largest absolute Gasteiger partial charge is 0.381 e. The highest BCUT2D eigenvalue weighted by molar-refractivity contribution is 6.31. The molecule has 1 fully saturated rings. The summed E-state index contributed by atoms with van der Waals surface area (Å²) >= 11 is 6.04. The molecular weight excluding hydrogens is 210 g/mol. The van der Waals surface area contributed by atoms with Gasteiger partial charge >= 0.3 is 0 Å². The third-order valence-corrected chi connectivity index (χ3v) is 3.38. The van der Waals surface area contributed by atoms with E-state index in [9.17, 15) is 0 Å². The Morgan fingerprint density at radius 1 is 1.33 bits per heavy atom.